The number of hydrogen-bond acceptors (Lipinski definition) is 3. The standard InChI is InChI=1S/C22H26N2O3/c1-13(2)23-20(26)19-16-10-22(4,5)11-18(25)17(16)12-24(21(19)27)15-8-6-14(3)7-9-15/h6-9,12-13H,10-11H2,1-5H3,(H,23,26). The molecule has 27 heavy (non-hydrogen) atoms. The van der Waals surface area contributed by atoms with E-state index in [1.54, 1.807) is 6.20 Å². The molecule has 1 aromatic heterocycles. The van der Waals surface area contributed by atoms with Gasteiger partial charge in [-0.15, -0.1) is 0 Å². The SMILES string of the molecule is Cc1ccc(-n2cc3c(c(C(=O)NC(C)C)c2=O)CC(C)(C)CC3=O)cc1. The van der Waals surface area contributed by atoms with Crippen LogP contribution in [0.5, 0.6) is 0 Å². The maximum absolute atomic E-state index is 13.3. The van der Waals surface area contributed by atoms with Gasteiger partial charge in [0.15, 0.2) is 5.78 Å². The van der Waals surface area contributed by atoms with Crippen molar-refractivity contribution in [2.75, 3.05) is 0 Å². The molecule has 0 fully saturated rings. The number of carbonyl (C=O) groups is 2. The van der Waals surface area contributed by atoms with Crippen molar-refractivity contribution in [1.29, 1.82) is 0 Å². The zero-order valence-electron chi connectivity index (χ0n) is 16.6. The van der Waals surface area contributed by atoms with E-state index >= 15 is 0 Å². The average Bonchev–Trinajstić information content (AvgIpc) is 2.53. The number of amides is 1. The number of carbonyl (C=O) groups excluding carboxylic acids is 2. The van der Waals surface area contributed by atoms with Gasteiger partial charge in [-0.25, -0.2) is 0 Å². The number of nitrogens with one attached hydrogen (secondary N) is 1. The third kappa shape index (κ3) is 3.72. The van der Waals surface area contributed by atoms with E-state index in [2.05, 4.69) is 5.32 Å². The number of rotatable bonds is 3. The van der Waals surface area contributed by atoms with Crippen LogP contribution in [-0.4, -0.2) is 22.3 Å². The molecule has 0 unspecified atom stereocenters. The Labute approximate surface area is 159 Å². The molecule has 0 aliphatic heterocycles. The van der Waals surface area contributed by atoms with Gasteiger partial charge in [0, 0.05) is 29.9 Å². The summed E-state index contributed by atoms with van der Waals surface area (Å²) in [5.74, 6) is -0.445. The first kappa shape index (κ1) is 19.1. The van der Waals surface area contributed by atoms with Gasteiger partial charge in [0.05, 0.1) is 0 Å². The Morgan fingerprint density at radius 3 is 2.33 bits per heavy atom. The molecule has 142 valence electrons. The fourth-order valence-corrected chi connectivity index (χ4v) is 3.61. The van der Waals surface area contributed by atoms with Crippen LogP contribution in [0.4, 0.5) is 0 Å². The fraction of sp³-hybridized carbons (Fsp3) is 0.409. The number of pyridine rings is 1. The van der Waals surface area contributed by atoms with E-state index in [9.17, 15) is 14.4 Å². The zero-order valence-corrected chi connectivity index (χ0v) is 16.6. The number of aryl methyl sites for hydroxylation is 1. The molecule has 1 amide bonds. The number of hydrogen-bond donors (Lipinski definition) is 1. The topological polar surface area (TPSA) is 68.2 Å². The summed E-state index contributed by atoms with van der Waals surface area (Å²) in [6.07, 6.45) is 2.53. The summed E-state index contributed by atoms with van der Waals surface area (Å²) in [5, 5.41) is 2.82. The molecule has 3 rings (SSSR count). The summed E-state index contributed by atoms with van der Waals surface area (Å²) in [5.41, 5.74) is 2.18. The van der Waals surface area contributed by atoms with Crippen LogP contribution in [0.15, 0.2) is 35.3 Å². The van der Waals surface area contributed by atoms with Gasteiger partial charge in [-0.05, 0) is 50.3 Å². The van der Waals surface area contributed by atoms with Gasteiger partial charge < -0.3 is 5.32 Å². The van der Waals surface area contributed by atoms with E-state index in [1.165, 1.54) is 4.57 Å². The number of aromatic nitrogens is 1. The van der Waals surface area contributed by atoms with Gasteiger partial charge in [0.1, 0.15) is 5.56 Å². The molecular formula is C22H26N2O3. The highest BCUT2D eigenvalue weighted by Gasteiger charge is 2.36. The van der Waals surface area contributed by atoms with E-state index in [0.29, 0.717) is 29.7 Å². The van der Waals surface area contributed by atoms with E-state index in [0.717, 1.165) is 5.56 Å². The maximum Gasteiger partial charge on any atom is 0.268 e. The normalized spacial score (nSPS) is 15.6. The minimum absolute atomic E-state index is 0.0271. The van der Waals surface area contributed by atoms with Crippen molar-refractivity contribution >= 4 is 11.7 Å². The summed E-state index contributed by atoms with van der Waals surface area (Å²) < 4.78 is 1.42. The van der Waals surface area contributed by atoms with Gasteiger partial charge in [-0.3, -0.25) is 19.0 Å². The fourth-order valence-electron chi connectivity index (χ4n) is 3.61. The molecule has 0 radical (unpaired) electrons. The molecule has 0 bridgehead atoms. The smallest absolute Gasteiger partial charge is 0.268 e. The Kier molecular flexibility index (Phi) is 4.81. The van der Waals surface area contributed by atoms with Crippen molar-refractivity contribution in [2.24, 2.45) is 5.41 Å². The molecule has 0 spiro atoms. The van der Waals surface area contributed by atoms with Crippen LogP contribution in [0.2, 0.25) is 0 Å². The molecular weight excluding hydrogens is 340 g/mol. The van der Waals surface area contributed by atoms with E-state index in [4.69, 9.17) is 0 Å². The van der Waals surface area contributed by atoms with Crippen LogP contribution in [0.25, 0.3) is 5.69 Å². The van der Waals surface area contributed by atoms with Crippen molar-refractivity contribution in [3.8, 4) is 5.69 Å². The number of Topliss-reactive ketones (excluding diaryl/α,β-unsaturated/α-hetero) is 1. The molecule has 1 aromatic carbocycles. The minimum Gasteiger partial charge on any atom is -0.350 e. The van der Waals surface area contributed by atoms with E-state index < -0.39 is 5.91 Å². The van der Waals surface area contributed by atoms with Crippen LogP contribution in [-0.2, 0) is 6.42 Å². The Bertz CT molecular complexity index is 966. The van der Waals surface area contributed by atoms with Crippen LogP contribution >= 0.6 is 0 Å². The van der Waals surface area contributed by atoms with Crippen molar-refractivity contribution in [3.63, 3.8) is 0 Å². The Morgan fingerprint density at radius 1 is 1.11 bits per heavy atom. The number of ketones is 1. The number of benzene rings is 1. The largest absolute Gasteiger partial charge is 0.350 e. The number of nitrogens with zero attached hydrogens (tertiary/aromatic N) is 1. The first-order valence-electron chi connectivity index (χ1n) is 9.29. The van der Waals surface area contributed by atoms with Crippen LogP contribution in [0.3, 0.4) is 0 Å². The molecule has 0 atom stereocenters. The monoisotopic (exact) mass is 366 g/mol. The van der Waals surface area contributed by atoms with Gasteiger partial charge in [-0.1, -0.05) is 31.5 Å². The summed E-state index contributed by atoms with van der Waals surface area (Å²) in [6.45, 7) is 9.64. The zero-order chi connectivity index (χ0) is 19.9. The lowest BCUT2D eigenvalue weighted by atomic mass is 9.73. The highest BCUT2D eigenvalue weighted by atomic mass is 16.2. The lowest BCUT2D eigenvalue weighted by molar-refractivity contribution is 0.0908. The summed E-state index contributed by atoms with van der Waals surface area (Å²) >= 11 is 0. The summed E-state index contributed by atoms with van der Waals surface area (Å²) in [4.78, 5) is 38.9. The molecule has 5 heteroatoms. The first-order valence-corrected chi connectivity index (χ1v) is 9.29. The molecule has 1 aliphatic carbocycles. The predicted octanol–water partition coefficient (Wildman–Crippen LogP) is 3.44. The van der Waals surface area contributed by atoms with E-state index in [1.807, 2.05) is 58.9 Å². The highest BCUT2D eigenvalue weighted by Crippen LogP contribution is 2.35. The second-order valence-electron chi connectivity index (χ2n) is 8.48. The van der Waals surface area contributed by atoms with Crippen molar-refractivity contribution in [2.45, 2.75) is 53.5 Å². The number of fused-ring (bicyclic) bond motifs is 1. The van der Waals surface area contributed by atoms with Gasteiger partial charge in [-0.2, -0.15) is 0 Å². The average molecular weight is 366 g/mol. The van der Waals surface area contributed by atoms with Gasteiger partial charge in [0.25, 0.3) is 11.5 Å². The predicted molar refractivity (Wildman–Crippen MR) is 106 cm³/mol. The lowest BCUT2D eigenvalue weighted by Crippen LogP contribution is -2.40. The van der Waals surface area contributed by atoms with Crippen LogP contribution in [0.1, 0.15) is 66.0 Å². The van der Waals surface area contributed by atoms with Crippen molar-refractivity contribution in [3.05, 3.63) is 63.1 Å². The second-order valence-corrected chi connectivity index (χ2v) is 8.48. The van der Waals surface area contributed by atoms with Crippen LogP contribution < -0.4 is 10.9 Å². The minimum atomic E-state index is -0.418. The Hall–Kier alpha value is -2.69. The first-order chi connectivity index (χ1) is 12.6. The molecule has 0 saturated carbocycles. The summed E-state index contributed by atoms with van der Waals surface area (Å²) in [6, 6.07) is 7.35. The molecule has 2 aromatic rings. The van der Waals surface area contributed by atoms with Crippen molar-refractivity contribution < 1.29 is 9.59 Å². The molecule has 1 heterocycles. The molecule has 5 nitrogen and oxygen atoms in total. The quantitative estimate of drug-likeness (QED) is 0.905. The third-order valence-electron chi connectivity index (χ3n) is 4.87. The molecule has 1 N–H and O–H groups in total. The Morgan fingerprint density at radius 2 is 1.74 bits per heavy atom. The molecule has 1 aliphatic rings. The Balaban J connectivity index is 2.29. The van der Waals surface area contributed by atoms with E-state index in [-0.39, 0.29) is 28.4 Å². The van der Waals surface area contributed by atoms with Crippen LogP contribution in [0, 0.1) is 12.3 Å². The van der Waals surface area contributed by atoms with Crippen molar-refractivity contribution in [1.82, 2.24) is 9.88 Å². The molecule has 0 saturated heterocycles. The maximum atomic E-state index is 13.3. The summed E-state index contributed by atoms with van der Waals surface area (Å²) in [7, 11) is 0. The highest BCUT2D eigenvalue weighted by molar-refractivity contribution is 6.04. The lowest BCUT2D eigenvalue weighted by Gasteiger charge is -2.31. The van der Waals surface area contributed by atoms with Gasteiger partial charge >= 0.3 is 0 Å². The van der Waals surface area contributed by atoms with Gasteiger partial charge in [0.2, 0.25) is 0 Å². The second kappa shape index (κ2) is 6.80. The third-order valence-corrected chi connectivity index (χ3v) is 4.87.